The maximum Gasteiger partial charge on any atom is 0.229 e. The molecule has 2 aromatic carbocycles. The van der Waals surface area contributed by atoms with Crippen molar-refractivity contribution in [3.05, 3.63) is 57.9 Å². The van der Waals surface area contributed by atoms with Crippen LogP contribution in [-0.2, 0) is 15.8 Å². The number of ether oxygens (including phenoxy) is 1. The van der Waals surface area contributed by atoms with Crippen molar-refractivity contribution in [2.24, 2.45) is 5.14 Å². The number of nitrogens with zero attached hydrogens (tertiary/aromatic N) is 5. The quantitative estimate of drug-likeness (QED) is 0.273. The lowest BCUT2D eigenvalue weighted by molar-refractivity contribution is 0.0809. The third-order valence-corrected chi connectivity index (χ3v) is 10.2. The average molecular weight is 704 g/mol. The third-order valence-electron chi connectivity index (χ3n) is 8.92. The summed E-state index contributed by atoms with van der Waals surface area (Å²) in [4.78, 5) is 16.8. The van der Waals surface area contributed by atoms with Gasteiger partial charge in [-0.25, -0.2) is 22.9 Å². The molecule has 2 saturated heterocycles. The van der Waals surface area contributed by atoms with Crippen molar-refractivity contribution in [2.45, 2.75) is 50.4 Å². The van der Waals surface area contributed by atoms with E-state index in [1.54, 1.807) is 13.3 Å². The van der Waals surface area contributed by atoms with Crippen molar-refractivity contribution in [2.75, 3.05) is 61.9 Å². The van der Waals surface area contributed by atoms with Crippen molar-refractivity contribution in [1.29, 1.82) is 0 Å². The highest BCUT2D eigenvalue weighted by Crippen LogP contribution is 2.37. The van der Waals surface area contributed by atoms with Gasteiger partial charge in [0.15, 0.2) is 0 Å². The number of nitrogens with one attached hydrogen (secondary N) is 2. The van der Waals surface area contributed by atoms with Gasteiger partial charge >= 0.3 is 0 Å². The van der Waals surface area contributed by atoms with Crippen molar-refractivity contribution in [3.63, 3.8) is 0 Å². The summed E-state index contributed by atoms with van der Waals surface area (Å²) in [5.74, 6) is 0.228. The number of rotatable bonds is 10. The first-order valence-electron chi connectivity index (χ1n) is 15.3. The number of hydrogen-bond donors (Lipinski definition) is 3. The van der Waals surface area contributed by atoms with E-state index in [0.29, 0.717) is 39.4 Å². The predicted molar refractivity (Wildman–Crippen MR) is 179 cm³/mol. The molecule has 3 heterocycles. The van der Waals surface area contributed by atoms with Crippen LogP contribution >= 0.6 is 15.9 Å². The van der Waals surface area contributed by atoms with Crippen LogP contribution in [0.25, 0.3) is 0 Å². The number of methoxy groups -OCH3 is 1. The number of aryl methyl sites for hydroxylation is 1. The number of primary sulfonamides is 1. The summed E-state index contributed by atoms with van der Waals surface area (Å²) in [5, 5.41) is 11.6. The summed E-state index contributed by atoms with van der Waals surface area (Å²) < 4.78 is 43.7. The summed E-state index contributed by atoms with van der Waals surface area (Å²) >= 11 is 3.44. The molecule has 1 aliphatic carbocycles. The van der Waals surface area contributed by atoms with Gasteiger partial charge in [0.1, 0.15) is 17.4 Å². The van der Waals surface area contributed by atoms with Crippen molar-refractivity contribution in [1.82, 2.24) is 19.8 Å². The van der Waals surface area contributed by atoms with Crippen LogP contribution < -0.4 is 25.4 Å². The van der Waals surface area contributed by atoms with E-state index < -0.39 is 21.6 Å². The van der Waals surface area contributed by atoms with Crippen molar-refractivity contribution < 1.29 is 17.5 Å². The number of halogens is 2. The molecule has 0 bridgehead atoms. The van der Waals surface area contributed by atoms with Gasteiger partial charge in [-0.2, -0.15) is 4.98 Å². The molecule has 0 radical (unpaired) electrons. The first kappa shape index (κ1) is 31.9. The molecule has 6 rings (SSSR count). The van der Waals surface area contributed by atoms with Crippen LogP contribution in [0.3, 0.4) is 0 Å². The lowest BCUT2D eigenvalue weighted by atomic mass is 10.0. The molecule has 14 heteroatoms. The normalized spacial score (nSPS) is 18.6. The van der Waals surface area contributed by atoms with E-state index in [9.17, 15) is 12.8 Å². The Morgan fingerprint density at radius 1 is 0.978 bits per heavy atom. The second kappa shape index (κ2) is 13.4. The van der Waals surface area contributed by atoms with Crippen LogP contribution in [0.1, 0.15) is 36.8 Å². The summed E-state index contributed by atoms with van der Waals surface area (Å²) in [6.07, 6.45) is 6.65. The largest absolute Gasteiger partial charge is 0.494 e. The Balaban J connectivity index is 1.13. The summed E-state index contributed by atoms with van der Waals surface area (Å²) in [6.45, 7) is 8.90. The Kier molecular flexibility index (Phi) is 9.48. The number of piperidine rings is 1. The molecular formula is C31H40BrFN8O3S. The fourth-order valence-corrected chi connectivity index (χ4v) is 7.41. The number of sulfonamides is 1. The minimum Gasteiger partial charge on any atom is -0.494 e. The van der Waals surface area contributed by atoms with Crippen LogP contribution in [0.5, 0.6) is 5.75 Å². The zero-order chi connectivity index (χ0) is 31.7. The Morgan fingerprint density at radius 2 is 1.64 bits per heavy atom. The molecule has 4 N–H and O–H groups in total. The monoisotopic (exact) mass is 702 g/mol. The SMILES string of the molecule is COc1cc(N2CCC(N3CCN(C4CC4)CC3)CC2)c(C)cc1Nc1ncc(Br)c(Nc2ccc(F)cc2CS(N)(=O)=O)n1. The van der Waals surface area contributed by atoms with Crippen LogP contribution in [0.4, 0.5) is 33.2 Å². The van der Waals surface area contributed by atoms with Crippen LogP contribution in [0, 0.1) is 12.7 Å². The molecule has 11 nitrogen and oxygen atoms in total. The van der Waals surface area contributed by atoms with E-state index in [1.807, 2.05) is 6.07 Å². The lowest BCUT2D eigenvalue weighted by Crippen LogP contribution is -2.53. The molecule has 1 saturated carbocycles. The number of nitrogens with two attached hydrogens (primary N) is 1. The third kappa shape index (κ3) is 7.86. The Labute approximate surface area is 272 Å². The minimum atomic E-state index is -3.89. The van der Waals surface area contributed by atoms with Gasteiger partial charge in [0.05, 0.1) is 23.0 Å². The topological polar surface area (TPSA) is 129 Å². The van der Waals surface area contributed by atoms with Crippen LogP contribution in [0.15, 0.2) is 41.0 Å². The number of benzene rings is 2. The predicted octanol–water partition coefficient (Wildman–Crippen LogP) is 4.72. The van der Waals surface area contributed by atoms with Crippen LogP contribution in [-0.4, -0.2) is 86.6 Å². The molecule has 0 spiro atoms. The first-order valence-corrected chi connectivity index (χ1v) is 17.8. The summed E-state index contributed by atoms with van der Waals surface area (Å²) in [7, 11) is -2.24. The van der Waals surface area contributed by atoms with Crippen LogP contribution in [0.2, 0.25) is 0 Å². The number of piperazine rings is 1. The molecule has 242 valence electrons. The number of aromatic nitrogens is 2. The van der Waals surface area contributed by atoms with E-state index >= 15 is 0 Å². The van der Waals surface area contributed by atoms with E-state index in [1.165, 1.54) is 51.2 Å². The van der Waals surface area contributed by atoms with Gasteiger partial charge in [0.25, 0.3) is 0 Å². The first-order chi connectivity index (χ1) is 21.6. The van der Waals surface area contributed by atoms with Crippen molar-refractivity contribution in [3.8, 4) is 5.75 Å². The van der Waals surface area contributed by atoms with Gasteiger partial charge < -0.3 is 20.3 Å². The van der Waals surface area contributed by atoms with Crippen molar-refractivity contribution >= 4 is 54.8 Å². The zero-order valence-corrected chi connectivity index (χ0v) is 28.0. The molecule has 3 aromatic rings. The maximum absolute atomic E-state index is 13.9. The van der Waals surface area contributed by atoms with E-state index in [2.05, 4.69) is 64.2 Å². The molecule has 0 atom stereocenters. The van der Waals surface area contributed by atoms with Gasteiger partial charge in [-0.1, -0.05) is 0 Å². The number of hydrogen-bond acceptors (Lipinski definition) is 10. The smallest absolute Gasteiger partial charge is 0.229 e. The second-order valence-corrected chi connectivity index (χ2v) is 14.6. The highest BCUT2D eigenvalue weighted by Gasteiger charge is 2.34. The molecular weight excluding hydrogens is 663 g/mol. The Hall–Kier alpha value is -3.04. The molecule has 0 amide bonds. The Bertz CT molecular complexity index is 1640. The van der Waals surface area contributed by atoms with E-state index in [-0.39, 0.29) is 5.56 Å². The summed E-state index contributed by atoms with van der Waals surface area (Å²) in [6, 6.07) is 9.43. The average Bonchev–Trinajstić information content (AvgIpc) is 3.86. The van der Waals surface area contributed by atoms with E-state index in [4.69, 9.17) is 9.88 Å². The molecule has 1 aromatic heterocycles. The molecule has 0 unspecified atom stereocenters. The van der Waals surface area contributed by atoms with Gasteiger partial charge in [-0.15, -0.1) is 0 Å². The molecule has 2 aliphatic heterocycles. The summed E-state index contributed by atoms with van der Waals surface area (Å²) in [5.41, 5.74) is 3.53. The molecule has 3 fully saturated rings. The zero-order valence-electron chi connectivity index (χ0n) is 25.6. The fourth-order valence-electron chi connectivity index (χ4n) is 6.45. The fraction of sp³-hybridized carbons (Fsp3) is 0.484. The maximum atomic E-state index is 13.9. The molecule has 45 heavy (non-hydrogen) atoms. The minimum absolute atomic E-state index is 0.186. The van der Waals surface area contributed by atoms with E-state index in [0.717, 1.165) is 49.3 Å². The molecule has 3 aliphatic rings. The highest BCUT2D eigenvalue weighted by atomic mass is 79.9. The highest BCUT2D eigenvalue weighted by molar-refractivity contribution is 9.10. The lowest BCUT2D eigenvalue weighted by Gasteiger charge is -2.43. The van der Waals surface area contributed by atoms with Gasteiger partial charge in [0, 0.05) is 75.0 Å². The standard InChI is InChI=1S/C31H40BrFN8O3S/c1-20-15-27(37-31-35-18-25(32)30(38-31)36-26-6-3-22(33)16-21(26)19-45(34,42)43)29(44-2)17-28(20)41-9-7-24(8-10-41)40-13-11-39(12-14-40)23-4-5-23/h3,6,15-18,23-24H,4-5,7-14,19H2,1-2H3,(H2,34,42,43)(H2,35,36,37,38). The Morgan fingerprint density at radius 3 is 2.27 bits per heavy atom. The van der Waals surface area contributed by atoms with Gasteiger partial charge in [-0.3, -0.25) is 9.80 Å². The second-order valence-electron chi connectivity index (χ2n) is 12.1. The van der Waals surface area contributed by atoms with Gasteiger partial charge in [-0.05, 0) is 83.9 Å². The van der Waals surface area contributed by atoms with Gasteiger partial charge in [0.2, 0.25) is 16.0 Å². The number of anilines is 5.